The minimum atomic E-state index is -0.199. The highest BCUT2D eigenvalue weighted by Crippen LogP contribution is 2.67. The van der Waals surface area contributed by atoms with Crippen molar-refractivity contribution in [3.63, 3.8) is 0 Å². The van der Waals surface area contributed by atoms with Crippen LogP contribution >= 0.6 is 0 Å². The summed E-state index contributed by atoms with van der Waals surface area (Å²) in [4.78, 5) is 0. The Kier molecular flexibility index (Phi) is 3.74. The van der Waals surface area contributed by atoms with Gasteiger partial charge in [-0.05, 0) is 92.8 Å². The van der Waals surface area contributed by atoms with E-state index in [0.29, 0.717) is 16.7 Å². The number of aliphatic hydroxyl groups is 2. The second-order valence-corrected chi connectivity index (χ2v) is 9.60. The highest BCUT2D eigenvalue weighted by Gasteiger charge is 2.59. The average molecular weight is 319 g/mol. The number of fused-ring (bicyclic) bond motifs is 5. The fourth-order valence-electron chi connectivity index (χ4n) is 7.54. The zero-order valence-electron chi connectivity index (χ0n) is 15.1. The van der Waals surface area contributed by atoms with E-state index in [0.717, 1.165) is 24.2 Å². The van der Waals surface area contributed by atoms with Gasteiger partial charge in [0.25, 0.3) is 0 Å². The van der Waals surface area contributed by atoms with Crippen LogP contribution in [0.25, 0.3) is 0 Å². The minimum absolute atomic E-state index is 0.152. The lowest BCUT2D eigenvalue weighted by Crippen LogP contribution is -2.51. The highest BCUT2D eigenvalue weighted by molar-refractivity contribution is 5.25. The van der Waals surface area contributed by atoms with Crippen LogP contribution in [0.2, 0.25) is 0 Å². The van der Waals surface area contributed by atoms with E-state index in [1.807, 2.05) is 6.92 Å². The van der Waals surface area contributed by atoms with Crippen LogP contribution in [-0.4, -0.2) is 22.4 Å². The van der Waals surface area contributed by atoms with E-state index in [9.17, 15) is 10.2 Å². The van der Waals surface area contributed by atoms with Crippen LogP contribution in [0.3, 0.4) is 0 Å². The molecule has 2 heteroatoms. The molecule has 0 unspecified atom stereocenters. The van der Waals surface area contributed by atoms with E-state index in [2.05, 4.69) is 19.9 Å². The Hall–Kier alpha value is -0.340. The Morgan fingerprint density at radius 2 is 1.83 bits per heavy atom. The van der Waals surface area contributed by atoms with Gasteiger partial charge < -0.3 is 10.2 Å². The van der Waals surface area contributed by atoms with Gasteiger partial charge in [0, 0.05) is 0 Å². The molecule has 0 amide bonds. The number of hydrogen-bond donors (Lipinski definition) is 2. The van der Waals surface area contributed by atoms with Gasteiger partial charge in [-0.25, -0.2) is 0 Å². The summed E-state index contributed by atoms with van der Waals surface area (Å²) in [6, 6.07) is 0. The topological polar surface area (TPSA) is 40.5 Å². The summed E-state index contributed by atoms with van der Waals surface area (Å²) in [5.41, 5.74) is 2.26. The van der Waals surface area contributed by atoms with Crippen molar-refractivity contribution >= 4 is 0 Å². The van der Waals surface area contributed by atoms with Crippen molar-refractivity contribution in [2.75, 3.05) is 0 Å². The fourth-order valence-corrected chi connectivity index (χ4v) is 7.54. The third-order valence-electron chi connectivity index (χ3n) is 8.74. The first-order valence-corrected chi connectivity index (χ1v) is 9.93. The molecule has 130 valence electrons. The molecule has 0 bridgehead atoms. The predicted molar refractivity (Wildman–Crippen MR) is 92.9 cm³/mol. The standard InChI is InChI=1S/C21H34O2/c1-13(22)17-6-7-18-16-5-4-14-12-15(23)8-10-20(14,2)19(16)9-11-21(17,18)3/h12-13,15-19,22-23H,4-11H2,1-3H3/t13-,15+,16-,17+,18-,19-,20+,21-/m1/s1. The van der Waals surface area contributed by atoms with Crippen molar-refractivity contribution in [1.82, 2.24) is 0 Å². The van der Waals surface area contributed by atoms with E-state index in [4.69, 9.17) is 0 Å². The van der Waals surface area contributed by atoms with Crippen LogP contribution in [0.5, 0.6) is 0 Å². The molecule has 0 aliphatic heterocycles. The maximum Gasteiger partial charge on any atom is 0.0724 e. The molecule has 0 spiro atoms. The molecular formula is C21H34O2. The molecule has 4 aliphatic carbocycles. The summed E-state index contributed by atoms with van der Waals surface area (Å²) >= 11 is 0. The molecule has 8 atom stereocenters. The zero-order chi connectivity index (χ0) is 16.4. The van der Waals surface area contributed by atoms with Crippen molar-refractivity contribution in [1.29, 1.82) is 0 Å². The van der Waals surface area contributed by atoms with Crippen LogP contribution in [0, 0.1) is 34.5 Å². The first kappa shape index (κ1) is 16.1. The van der Waals surface area contributed by atoms with Gasteiger partial charge in [0.2, 0.25) is 0 Å². The van der Waals surface area contributed by atoms with Crippen LogP contribution < -0.4 is 0 Å². The molecule has 23 heavy (non-hydrogen) atoms. The van der Waals surface area contributed by atoms with Gasteiger partial charge in [0.15, 0.2) is 0 Å². The molecule has 2 N–H and O–H groups in total. The first-order valence-electron chi connectivity index (χ1n) is 9.93. The SMILES string of the molecule is C[C@@H](O)[C@@H]1CC[C@@H]2[C@H]3CCC4=C[C@@H](O)CC[C@]4(C)[C@@H]3CC[C@@]21C. The van der Waals surface area contributed by atoms with Crippen LogP contribution in [0.4, 0.5) is 0 Å². The van der Waals surface area contributed by atoms with Gasteiger partial charge in [0.1, 0.15) is 0 Å². The van der Waals surface area contributed by atoms with E-state index in [1.54, 1.807) is 5.57 Å². The molecule has 0 radical (unpaired) electrons. The monoisotopic (exact) mass is 318 g/mol. The number of allylic oxidation sites excluding steroid dienone is 1. The van der Waals surface area contributed by atoms with Crippen molar-refractivity contribution < 1.29 is 10.2 Å². The molecular weight excluding hydrogens is 284 g/mol. The van der Waals surface area contributed by atoms with Crippen molar-refractivity contribution in [3.05, 3.63) is 11.6 Å². The zero-order valence-corrected chi connectivity index (χ0v) is 15.1. The van der Waals surface area contributed by atoms with Crippen LogP contribution in [0.1, 0.15) is 72.1 Å². The lowest BCUT2D eigenvalue weighted by atomic mass is 9.46. The highest BCUT2D eigenvalue weighted by atomic mass is 16.3. The van der Waals surface area contributed by atoms with Crippen LogP contribution in [-0.2, 0) is 0 Å². The van der Waals surface area contributed by atoms with Crippen molar-refractivity contribution in [2.24, 2.45) is 34.5 Å². The van der Waals surface area contributed by atoms with Crippen molar-refractivity contribution in [2.45, 2.75) is 84.3 Å². The normalized spacial score (nSPS) is 53.8. The third kappa shape index (κ3) is 2.20. The molecule has 3 fully saturated rings. The Bertz CT molecular complexity index is 510. The predicted octanol–water partition coefficient (Wildman–Crippen LogP) is 4.31. The van der Waals surface area contributed by atoms with E-state index in [1.165, 1.54) is 44.9 Å². The largest absolute Gasteiger partial charge is 0.393 e. The molecule has 0 aromatic rings. The molecule has 0 saturated heterocycles. The first-order chi connectivity index (χ1) is 10.9. The fraction of sp³-hybridized carbons (Fsp3) is 0.905. The Morgan fingerprint density at radius 3 is 2.57 bits per heavy atom. The molecule has 2 nitrogen and oxygen atoms in total. The molecule has 4 rings (SSSR count). The van der Waals surface area contributed by atoms with Gasteiger partial charge >= 0.3 is 0 Å². The van der Waals surface area contributed by atoms with E-state index in [-0.39, 0.29) is 12.2 Å². The average Bonchev–Trinajstić information content (AvgIpc) is 2.85. The van der Waals surface area contributed by atoms with Gasteiger partial charge in [0.05, 0.1) is 12.2 Å². The van der Waals surface area contributed by atoms with E-state index < -0.39 is 0 Å². The van der Waals surface area contributed by atoms with Crippen molar-refractivity contribution in [3.8, 4) is 0 Å². The molecule has 0 heterocycles. The molecule has 0 aromatic carbocycles. The summed E-state index contributed by atoms with van der Waals surface area (Å²) in [6.07, 6.45) is 11.6. The van der Waals surface area contributed by atoms with E-state index >= 15 is 0 Å². The molecule has 3 saturated carbocycles. The summed E-state index contributed by atoms with van der Waals surface area (Å²) in [5.74, 6) is 2.97. The third-order valence-corrected chi connectivity index (χ3v) is 8.74. The maximum absolute atomic E-state index is 10.3. The molecule has 0 aromatic heterocycles. The Morgan fingerprint density at radius 1 is 1.04 bits per heavy atom. The number of aliphatic hydroxyl groups excluding tert-OH is 2. The second kappa shape index (κ2) is 5.33. The minimum Gasteiger partial charge on any atom is -0.393 e. The number of hydrogen-bond acceptors (Lipinski definition) is 2. The van der Waals surface area contributed by atoms with Gasteiger partial charge in [-0.2, -0.15) is 0 Å². The van der Waals surface area contributed by atoms with Gasteiger partial charge in [-0.15, -0.1) is 0 Å². The van der Waals surface area contributed by atoms with Crippen LogP contribution in [0.15, 0.2) is 11.6 Å². The lowest BCUT2D eigenvalue weighted by molar-refractivity contribution is -0.0725. The molecule has 4 aliphatic rings. The summed E-state index contributed by atoms with van der Waals surface area (Å²) < 4.78 is 0. The summed E-state index contributed by atoms with van der Waals surface area (Å²) in [6.45, 7) is 6.98. The summed E-state index contributed by atoms with van der Waals surface area (Å²) in [5, 5.41) is 20.3. The Labute approximate surface area is 141 Å². The lowest BCUT2D eigenvalue weighted by Gasteiger charge is -2.58. The summed E-state index contributed by atoms with van der Waals surface area (Å²) in [7, 11) is 0. The quantitative estimate of drug-likeness (QED) is 0.707. The smallest absolute Gasteiger partial charge is 0.0724 e. The number of rotatable bonds is 1. The Balaban J connectivity index is 1.64. The second-order valence-electron chi connectivity index (χ2n) is 9.60. The maximum atomic E-state index is 10.3. The van der Waals surface area contributed by atoms with Gasteiger partial charge in [-0.3, -0.25) is 0 Å². The van der Waals surface area contributed by atoms with Gasteiger partial charge in [-0.1, -0.05) is 25.5 Å².